The summed E-state index contributed by atoms with van der Waals surface area (Å²) in [5, 5.41) is 9.81. The van der Waals surface area contributed by atoms with Crippen LogP contribution in [0.15, 0.2) is 0 Å². The number of hydrogen-bond donors (Lipinski definition) is 1. The summed E-state index contributed by atoms with van der Waals surface area (Å²) >= 11 is 0. The van der Waals surface area contributed by atoms with Gasteiger partial charge in [-0.1, -0.05) is 65.2 Å². The molecule has 1 aliphatic carbocycles. The first-order valence-electron chi connectivity index (χ1n) is 8.87. The Bertz CT molecular complexity index is 198. The van der Waals surface area contributed by atoms with Crippen LogP contribution < -0.4 is 0 Å². The second kappa shape index (κ2) is 9.80. The van der Waals surface area contributed by atoms with Crippen molar-refractivity contribution < 1.29 is 5.11 Å². The summed E-state index contributed by atoms with van der Waals surface area (Å²) in [6.45, 7) is 4.99. The van der Waals surface area contributed by atoms with Crippen molar-refractivity contribution in [2.24, 2.45) is 11.3 Å². The van der Waals surface area contributed by atoms with E-state index in [1.165, 1.54) is 83.5 Å². The quantitative estimate of drug-likeness (QED) is 0.503. The molecule has 1 saturated carbocycles. The predicted octanol–water partition coefficient (Wildman–Crippen LogP) is 5.71. The summed E-state index contributed by atoms with van der Waals surface area (Å²) in [6.07, 6.45) is 17.5. The Hall–Kier alpha value is -0.0400. The fourth-order valence-electron chi connectivity index (χ4n) is 3.66. The fraction of sp³-hybridized carbons (Fsp3) is 1.00. The van der Waals surface area contributed by atoms with Crippen molar-refractivity contribution in [3.63, 3.8) is 0 Å². The van der Waals surface area contributed by atoms with Gasteiger partial charge in [-0.25, -0.2) is 0 Å². The fourth-order valence-corrected chi connectivity index (χ4v) is 3.66. The third-order valence-electron chi connectivity index (χ3n) is 5.28. The Morgan fingerprint density at radius 1 is 0.895 bits per heavy atom. The molecule has 0 aromatic rings. The monoisotopic (exact) mass is 268 g/mol. The molecule has 0 spiro atoms. The molecule has 1 nitrogen and oxygen atoms in total. The number of aliphatic hydroxyl groups is 1. The average Bonchev–Trinajstić information content (AvgIpc) is 2.46. The van der Waals surface area contributed by atoms with Gasteiger partial charge >= 0.3 is 0 Å². The smallest absolute Gasteiger partial charge is 0.0487 e. The molecule has 1 rings (SSSR count). The summed E-state index contributed by atoms with van der Waals surface area (Å²) < 4.78 is 0. The standard InChI is InChI=1S/C18H36O/c1-3-5-7-8-9-13-18(16-19)14-11-17(12-15-18)10-6-4-2/h17,19H,3-16H2,1-2H3. The van der Waals surface area contributed by atoms with E-state index in [-0.39, 0.29) is 0 Å². The highest BCUT2D eigenvalue weighted by molar-refractivity contribution is 4.85. The summed E-state index contributed by atoms with van der Waals surface area (Å²) in [5.41, 5.74) is 0.301. The molecule has 0 unspecified atom stereocenters. The number of rotatable bonds is 10. The Morgan fingerprint density at radius 3 is 2.11 bits per heavy atom. The minimum Gasteiger partial charge on any atom is -0.396 e. The summed E-state index contributed by atoms with van der Waals surface area (Å²) in [7, 11) is 0. The molecule has 19 heavy (non-hydrogen) atoms. The van der Waals surface area contributed by atoms with E-state index in [1.807, 2.05) is 0 Å². The molecule has 0 aromatic heterocycles. The topological polar surface area (TPSA) is 20.2 Å². The van der Waals surface area contributed by atoms with Crippen LogP contribution in [0.25, 0.3) is 0 Å². The number of unbranched alkanes of at least 4 members (excludes halogenated alkanes) is 5. The van der Waals surface area contributed by atoms with E-state index in [9.17, 15) is 5.11 Å². The molecule has 0 aromatic carbocycles. The Morgan fingerprint density at radius 2 is 1.53 bits per heavy atom. The van der Waals surface area contributed by atoms with E-state index in [4.69, 9.17) is 0 Å². The average molecular weight is 268 g/mol. The van der Waals surface area contributed by atoms with E-state index >= 15 is 0 Å². The second-order valence-corrected chi connectivity index (χ2v) is 6.91. The van der Waals surface area contributed by atoms with Crippen LogP contribution in [0.1, 0.15) is 97.3 Å². The molecule has 0 amide bonds. The van der Waals surface area contributed by atoms with Crippen molar-refractivity contribution in [1.29, 1.82) is 0 Å². The molecule has 0 aliphatic heterocycles. The zero-order valence-electron chi connectivity index (χ0n) is 13.4. The normalized spacial score (nSPS) is 27.6. The van der Waals surface area contributed by atoms with Gasteiger partial charge in [-0.05, 0) is 43.4 Å². The molecule has 1 heteroatoms. The Balaban J connectivity index is 2.22. The molecule has 0 saturated heterocycles. The van der Waals surface area contributed by atoms with Crippen molar-refractivity contribution in [3.05, 3.63) is 0 Å². The van der Waals surface area contributed by atoms with Crippen LogP contribution >= 0.6 is 0 Å². The zero-order valence-corrected chi connectivity index (χ0v) is 13.4. The van der Waals surface area contributed by atoms with E-state index in [0.717, 1.165) is 5.92 Å². The third kappa shape index (κ3) is 6.29. The minimum atomic E-state index is 0.301. The van der Waals surface area contributed by atoms with Crippen molar-refractivity contribution in [2.45, 2.75) is 97.3 Å². The van der Waals surface area contributed by atoms with Gasteiger partial charge in [0.05, 0.1) is 0 Å². The van der Waals surface area contributed by atoms with Crippen LogP contribution in [0.2, 0.25) is 0 Å². The maximum Gasteiger partial charge on any atom is 0.0487 e. The first kappa shape index (κ1) is 17.0. The van der Waals surface area contributed by atoms with E-state index in [1.54, 1.807) is 0 Å². The SMILES string of the molecule is CCCCCCCC1(CO)CCC(CCCC)CC1. The predicted molar refractivity (Wildman–Crippen MR) is 84.4 cm³/mol. The van der Waals surface area contributed by atoms with Crippen LogP contribution in [0.4, 0.5) is 0 Å². The molecule has 1 fully saturated rings. The highest BCUT2D eigenvalue weighted by Crippen LogP contribution is 2.43. The second-order valence-electron chi connectivity index (χ2n) is 6.91. The van der Waals surface area contributed by atoms with Gasteiger partial charge in [0.2, 0.25) is 0 Å². The van der Waals surface area contributed by atoms with Crippen molar-refractivity contribution in [3.8, 4) is 0 Å². The van der Waals surface area contributed by atoms with E-state index in [2.05, 4.69) is 13.8 Å². The lowest BCUT2D eigenvalue weighted by Crippen LogP contribution is -2.31. The van der Waals surface area contributed by atoms with Crippen LogP contribution in [0.3, 0.4) is 0 Å². The largest absolute Gasteiger partial charge is 0.396 e. The van der Waals surface area contributed by atoms with Gasteiger partial charge in [0.1, 0.15) is 0 Å². The van der Waals surface area contributed by atoms with Gasteiger partial charge in [-0.2, -0.15) is 0 Å². The van der Waals surface area contributed by atoms with Gasteiger partial charge in [0, 0.05) is 6.61 Å². The first-order chi connectivity index (χ1) is 9.26. The van der Waals surface area contributed by atoms with Gasteiger partial charge in [-0.3, -0.25) is 0 Å². The van der Waals surface area contributed by atoms with Crippen molar-refractivity contribution in [1.82, 2.24) is 0 Å². The molecule has 0 radical (unpaired) electrons. The third-order valence-corrected chi connectivity index (χ3v) is 5.28. The highest BCUT2D eigenvalue weighted by atomic mass is 16.3. The lowest BCUT2D eigenvalue weighted by Gasteiger charge is -2.39. The van der Waals surface area contributed by atoms with Gasteiger partial charge in [0.25, 0.3) is 0 Å². The summed E-state index contributed by atoms with van der Waals surface area (Å²) in [6, 6.07) is 0. The van der Waals surface area contributed by atoms with Crippen LogP contribution in [-0.2, 0) is 0 Å². The summed E-state index contributed by atoms with van der Waals surface area (Å²) in [5.74, 6) is 0.958. The van der Waals surface area contributed by atoms with Gasteiger partial charge < -0.3 is 5.11 Å². The molecule has 0 heterocycles. The van der Waals surface area contributed by atoms with Crippen LogP contribution in [-0.4, -0.2) is 11.7 Å². The number of aliphatic hydroxyl groups excluding tert-OH is 1. The maximum absolute atomic E-state index is 9.81. The molecular weight excluding hydrogens is 232 g/mol. The van der Waals surface area contributed by atoms with E-state index < -0.39 is 0 Å². The molecular formula is C18H36O. The van der Waals surface area contributed by atoms with Crippen LogP contribution in [0, 0.1) is 11.3 Å². The molecule has 1 N–H and O–H groups in total. The molecule has 0 bridgehead atoms. The zero-order chi connectivity index (χ0) is 14.0. The Kier molecular flexibility index (Phi) is 8.77. The molecule has 114 valence electrons. The van der Waals surface area contributed by atoms with Crippen LogP contribution in [0.5, 0.6) is 0 Å². The van der Waals surface area contributed by atoms with Crippen molar-refractivity contribution >= 4 is 0 Å². The lowest BCUT2D eigenvalue weighted by atomic mass is 9.67. The highest BCUT2D eigenvalue weighted by Gasteiger charge is 2.33. The summed E-state index contributed by atoms with van der Waals surface area (Å²) in [4.78, 5) is 0. The molecule has 1 aliphatic rings. The lowest BCUT2D eigenvalue weighted by molar-refractivity contribution is 0.0515. The molecule has 0 atom stereocenters. The Labute approximate surface area is 121 Å². The van der Waals surface area contributed by atoms with Crippen molar-refractivity contribution in [2.75, 3.05) is 6.61 Å². The van der Waals surface area contributed by atoms with Gasteiger partial charge in [-0.15, -0.1) is 0 Å². The maximum atomic E-state index is 9.81. The van der Waals surface area contributed by atoms with E-state index in [0.29, 0.717) is 12.0 Å². The van der Waals surface area contributed by atoms with Gasteiger partial charge in [0.15, 0.2) is 0 Å². The minimum absolute atomic E-state index is 0.301. The number of hydrogen-bond acceptors (Lipinski definition) is 1. The first-order valence-corrected chi connectivity index (χ1v) is 8.87.